The smallest absolute Gasteiger partial charge is 0.260 e. The predicted molar refractivity (Wildman–Crippen MR) is 76.4 cm³/mol. The predicted octanol–water partition coefficient (Wildman–Crippen LogP) is 1.16. The average molecular weight is 278 g/mol. The summed E-state index contributed by atoms with van der Waals surface area (Å²) in [4.78, 5) is 14.0. The van der Waals surface area contributed by atoms with Gasteiger partial charge in [-0.2, -0.15) is 0 Å². The molecule has 1 aliphatic heterocycles. The first-order valence-electron chi connectivity index (χ1n) is 6.93. The van der Waals surface area contributed by atoms with Crippen molar-refractivity contribution in [2.45, 2.75) is 32.5 Å². The number of nitrogens with zero attached hydrogens (tertiary/aromatic N) is 1. The first kappa shape index (κ1) is 14.8. The summed E-state index contributed by atoms with van der Waals surface area (Å²) in [5.74, 6) is 0.681. The third-order valence-corrected chi connectivity index (χ3v) is 3.45. The lowest BCUT2D eigenvalue weighted by molar-refractivity contribution is -0.145. The Morgan fingerprint density at radius 2 is 2.10 bits per heavy atom. The van der Waals surface area contributed by atoms with Crippen molar-refractivity contribution < 1.29 is 14.3 Å². The Morgan fingerprint density at radius 3 is 2.75 bits per heavy atom. The third-order valence-electron chi connectivity index (χ3n) is 3.45. The number of ether oxygens (including phenoxy) is 2. The molecule has 1 heterocycles. The van der Waals surface area contributed by atoms with Crippen LogP contribution < -0.4 is 10.5 Å². The molecule has 5 heteroatoms. The Morgan fingerprint density at radius 1 is 1.40 bits per heavy atom. The van der Waals surface area contributed by atoms with Crippen LogP contribution in [0.15, 0.2) is 24.3 Å². The minimum absolute atomic E-state index is 0.00412. The minimum Gasteiger partial charge on any atom is -0.484 e. The van der Waals surface area contributed by atoms with Crippen LogP contribution in [0.5, 0.6) is 5.75 Å². The van der Waals surface area contributed by atoms with Gasteiger partial charge in [0.05, 0.1) is 18.8 Å². The molecule has 0 bridgehead atoms. The molecule has 0 saturated carbocycles. The lowest BCUT2D eigenvalue weighted by Gasteiger charge is -2.36. The van der Waals surface area contributed by atoms with Crippen LogP contribution >= 0.6 is 0 Å². The quantitative estimate of drug-likeness (QED) is 0.897. The number of hydrogen-bond donors (Lipinski definition) is 1. The largest absolute Gasteiger partial charge is 0.484 e. The van der Waals surface area contributed by atoms with E-state index in [1.807, 2.05) is 43.0 Å². The molecule has 2 rings (SSSR count). The molecule has 0 radical (unpaired) electrons. The molecular weight excluding hydrogens is 256 g/mol. The second-order valence-corrected chi connectivity index (χ2v) is 5.18. The molecule has 2 atom stereocenters. The molecule has 2 N–H and O–H groups in total. The van der Waals surface area contributed by atoms with Crippen molar-refractivity contribution in [3.63, 3.8) is 0 Å². The van der Waals surface area contributed by atoms with E-state index >= 15 is 0 Å². The first-order valence-corrected chi connectivity index (χ1v) is 6.93. The van der Waals surface area contributed by atoms with Gasteiger partial charge in [-0.3, -0.25) is 4.79 Å². The van der Waals surface area contributed by atoms with E-state index in [0.29, 0.717) is 25.4 Å². The van der Waals surface area contributed by atoms with Crippen LogP contribution in [0.3, 0.4) is 0 Å². The highest BCUT2D eigenvalue weighted by atomic mass is 16.5. The fourth-order valence-corrected chi connectivity index (χ4v) is 2.20. The lowest BCUT2D eigenvalue weighted by Crippen LogP contribution is -2.51. The highest BCUT2D eigenvalue weighted by molar-refractivity contribution is 5.78. The number of morpholine rings is 1. The molecule has 20 heavy (non-hydrogen) atoms. The zero-order valence-corrected chi connectivity index (χ0v) is 12.0. The fourth-order valence-electron chi connectivity index (χ4n) is 2.20. The van der Waals surface area contributed by atoms with E-state index in [9.17, 15) is 4.79 Å². The molecular formula is C15H22N2O3. The highest BCUT2D eigenvalue weighted by Crippen LogP contribution is 2.14. The molecule has 1 amide bonds. The lowest BCUT2D eigenvalue weighted by atomic mass is 10.2. The summed E-state index contributed by atoms with van der Waals surface area (Å²) in [5.41, 5.74) is 6.58. The second kappa shape index (κ2) is 6.72. The zero-order valence-electron chi connectivity index (χ0n) is 12.0. The van der Waals surface area contributed by atoms with Crippen molar-refractivity contribution in [2.24, 2.45) is 5.73 Å². The van der Waals surface area contributed by atoms with E-state index in [1.165, 1.54) is 0 Å². The summed E-state index contributed by atoms with van der Waals surface area (Å²) >= 11 is 0. The molecule has 1 aromatic rings. The Bertz CT molecular complexity index is 447. The number of amides is 1. The third kappa shape index (κ3) is 3.71. The number of hydrogen-bond acceptors (Lipinski definition) is 4. The first-order chi connectivity index (χ1) is 9.60. The van der Waals surface area contributed by atoms with E-state index < -0.39 is 0 Å². The summed E-state index contributed by atoms with van der Waals surface area (Å²) in [6.07, 6.45) is 0.0824. The van der Waals surface area contributed by atoms with Crippen molar-refractivity contribution in [3.05, 3.63) is 29.8 Å². The van der Waals surface area contributed by atoms with Crippen LogP contribution in [0.4, 0.5) is 0 Å². The van der Waals surface area contributed by atoms with Crippen molar-refractivity contribution in [2.75, 3.05) is 19.8 Å². The van der Waals surface area contributed by atoms with Crippen LogP contribution in [-0.4, -0.2) is 42.7 Å². The van der Waals surface area contributed by atoms with E-state index in [4.69, 9.17) is 15.2 Å². The van der Waals surface area contributed by atoms with Crippen LogP contribution in [0.2, 0.25) is 0 Å². The molecule has 1 saturated heterocycles. The van der Waals surface area contributed by atoms with Gasteiger partial charge in [-0.15, -0.1) is 0 Å². The van der Waals surface area contributed by atoms with E-state index in [1.54, 1.807) is 0 Å². The maximum Gasteiger partial charge on any atom is 0.260 e. The molecule has 0 aromatic heterocycles. The van der Waals surface area contributed by atoms with Gasteiger partial charge in [-0.1, -0.05) is 12.1 Å². The van der Waals surface area contributed by atoms with Crippen LogP contribution in [0, 0.1) is 0 Å². The summed E-state index contributed by atoms with van der Waals surface area (Å²) in [6.45, 7) is 5.72. The van der Waals surface area contributed by atoms with Crippen molar-refractivity contribution in [1.29, 1.82) is 0 Å². The number of carbonyl (C=O) groups excluding carboxylic acids is 1. The van der Waals surface area contributed by atoms with Crippen molar-refractivity contribution in [3.8, 4) is 5.75 Å². The van der Waals surface area contributed by atoms with Gasteiger partial charge in [0.2, 0.25) is 0 Å². The summed E-state index contributed by atoms with van der Waals surface area (Å²) < 4.78 is 11.0. The van der Waals surface area contributed by atoms with Gasteiger partial charge < -0.3 is 20.1 Å². The van der Waals surface area contributed by atoms with Gasteiger partial charge in [0.1, 0.15) is 5.75 Å². The summed E-state index contributed by atoms with van der Waals surface area (Å²) in [5, 5.41) is 0. The highest BCUT2D eigenvalue weighted by Gasteiger charge is 2.27. The molecule has 0 spiro atoms. The molecule has 1 fully saturated rings. The summed E-state index contributed by atoms with van der Waals surface area (Å²) in [6, 6.07) is 7.57. The Kier molecular flexibility index (Phi) is 4.98. The van der Waals surface area contributed by atoms with Gasteiger partial charge in [0.25, 0.3) is 5.91 Å². The second-order valence-electron chi connectivity index (χ2n) is 5.18. The Labute approximate surface area is 119 Å². The Hall–Kier alpha value is -1.59. The molecule has 1 aromatic carbocycles. The minimum atomic E-state index is -0.00412. The molecule has 1 aliphatic rings. The van der Waals surface area contributed by atoms with Crippen LogP contribution in [-0.2, 0) is 16.1 Å². The molecule has 2 unspecified atom stereocenters. The van der Waals surface area contributed by atoms with Crippen LogP contribution in [0.25, 0.3) is 0 Å². The Balaban J connectivity index is 1.87. The van der Waals surface area contributed by atoms with E-state index in [-0.39, 0.29) is 24.7 Å². The number of rotatable bonds is 4. The zero-order chi connectivity index (χ0) is 14.5. The van der Waals surface area contributed by atoms with Crippen molar-refractivity contribution >= 4 is 5.91 Å². The number of nitrogens with two attached hydrogens (primary N) is 1. The van der Waals surface area contributed by atoms with Gasteiger partial charge >= 0.3 is 0 Å². The topological polar surface area (TPSA) is 64.8 Å². The van der Waals surface area contributed by atoms with Crippen molar-refractivity contribution in [1.82, 2.24) is 4.90 Å². The number of benzene rings is 1. The normalized spacial score (nSPS) is 22.6. The van der Waals surface area contributed by atoms with Gasteiger partial charge in [-0.05, 0) is 31.5 Å². The standard InChI is InChI=1S/C15H22N2O3/c1-11-9-19-12(2)8-17(11)15(18)10-20-14-5-3-13(7-16)4-6-14/h3-6,11-12H,7-10,16H2,1-2H3. The van der Waals surface area contributed by atoms with Gasteiger partial charge in [0, 0.05) is 13.1 Å². The molecule has 0 aliphatic carbocycles. The van der Waals surface area contributed by atoms with Gasteiger partial charge in [-0.25, -0.2) is 0 Å². The monoisotopic (exact) mass is 278 g/mol. The molecule has 5 nitrogen and oxygen atoms in total. The molecule has 110 valence electrons. The number of carbonyl (C=O) groups is 1. The SMILES string of the molecule is CC1CN(C(=O)COc2ccc(CN)cc2)C(C)CO1. The van der Waals surface area contributed by atoms with Gasteiger partial charge in [0.15, 0.2) is 6.61 Å². The maximum absolute atomic E-state index is 12.2. The van der Waals surface area contributed by atoms with E-state index in [2.05, 4.69) is 0 Å². The van der Waals surface area contributed by atoms with Crippen LogP contribution in [0.1, 0.15) is 19.4 Å². The maximum atomic E-state index is 12.2. The fraction of sp³-hybridized carbons (Fsp3) is 0.533. The van der Waals surface area contributed by atoms with E-state index in [0.717, 1.165) is 5.56 Å². The average Bonchev–Trinajstić information content (AvgIpc) is 2.47. The summed E-state index contributed by atoms with van der Waals surface area (Å²) in [7, 11) is 0.